The van der Waals surface area contributed by atoms with E-state index in [9.17, 15) is 0 Å². The summed E-state index contributed by atoms with van der Waals surface area (Å²) in [5.74, 6) is 6.85. The van der Waals surface area contributed by atoms with Gasteiger partial charge in [-0.05, 0) is 26.2 Å². The van der Waals surface area contributed by atoms with Crippen molar-refractivity contribution >= 4 is 11.8 Å². The van der Waals surface area contributed by atoms with Crippen LogP contribution in [0.5, 0.6) is 0 Å². The van der Waals surface area contributed by atoms with E-state index in [-0.39, 0.29) is 0 Å². The molecule has 0 bridgehead atoms. The lowest BCUT2D eigenvalue weighted by Gasteiger charge is -2.25. The molecule has 1 aliphatic heterocycles. The number of nitrogens with zero attached hydrogens (tertiary/aromatic N) is 3. The number of nitrogens with two attached hydrogens (primary N) is 1. The molecule has 0 aromatic carbocycles. The topological polar surface area (TPSA) is 67.1 Å². The number of rotatable bonds is 3. The van der Waals surface area contributed by atoms with E-state index in [4.69, 9.17) is 5.84 Å². The van der Waals surface area contributed by atoms with E-state index in [2.05, 4.69) is 27.2 Å². The molecule has 1 aliphatic rings. The van der Waals surface area contributed by atoms with E-state index in [1.54, 1.807) is 0 Å². The second kappa shape index (κ2) is 4.65. The molecule has 5 nitrogen and oxygen atoms in total. The molecule has 0 spiro atoms. The Morgan fingerprint density at radius 1 is 1.56 bits per heavy atom. The van der Waals surface area contributed by atoms with Gasteiger partial charge in [-0.3, -0.25) is 5.43 Å². The van der Waals surface area contributed by atoms with Gasteiger partial charge in [0.05, 0.1) is 0 Å². The van der Waals surface area contributed by atoms with Crippen LogP contribution in [0.25, 0.3) is 0 Å². The smallest absolute Gasteiger partial charge is 0.239 e. The summed E-state index contributed by atoms with van der Waals surface area (Å²) in [6, 6.07) is 2.63. The van der Waals surface area contributed by atoms with Crippen molar-refractivity contribution in [2.45, 2.75) is 39.2 Å². The van der Waals surface area contributed by atoms with Crippen LogP contribution in [0.1, 0.15) is 31.9 Å². The van der Waals surface area contributed by atoms with Gasteiger partial charge in [0.1, 0.15) is 5.82 Å². The lowest BCUT2D eigenvalue weighted by Crippen LogP contribution is -2.29. The fraction of sp³-hybridized carbons (Fsp3) is 0.636. The third-order valence-electron chi connectivity index (χ3n) is 3.11. The Morgan fingerprint density at radius 2 is 2.38 bits per heavy atom. The van der Waals surface area contributed by atoms with Crippen molar-refractivity contribution < 1.29 is 0 Å². The first-order chi connectivity index (χ1) is 7.74. The van der Waals surface area contributed by atoms with Gasteiger partial charge in [0.15, 0.2) is 0 Å². The van der Waals surface area contributed by atoms with Crippen molar-refractivity contribution in [3.05, 3.63) is 11.8 Å². The molecule has 1 aromatic rings. The van der Waals surface area contributed by atoms with Gasteiger partial charge in [0, 0.05) is 24.3 Å². The van der Waals surface area contributed by atoms with E-state index >= 15 is 0 Å². The summed E-state index contributed by atoms with van der Waals surface area (Å²) < 4.78 is 0. The molecule has 5 heteroatoms. The second-order valence-electron chi connectivity index (χ2n) is 4.23. The Bertz CT molecular complexity index is 365. The number of hydrogen-bond donors (Lipinski definition) is 2. The van der Waals surface area contributed by atoms with Crippen LogP contribution in [0.15, 0.2) is 6.07 Å². The fourth-order valence-electron chi connectivity index (χ4n) is 2.33. The van der Waals surface area contributed by atoms with Crippen LogP contribution in [0, 0.1) is 6.92 Å². The van der Waals surface area contributed by atoms with E-state index < -0.39 is 0 Å². The monoisotopic (exact) mass is 221 g/mol. The molecule has 0 aliphatic carbocycles. The maximum Gasteiger partial charge on any atom is 0.239 e. The molecule has 0 saturated carbocycles. The molecular formula is C11H19N5. The Labute approximate surface area is 96.0 Å². The molecule has 0 amide bonds. The van der Waals surface area contributed by atoms with Gasteiger partial charge >= 0.3 is 0 Å². The highest BCUT2D eigenvalue weighted by Gasteiger charge is 2.24. The van der Waals surface area contributed by atoms with E-state index in [1.807, 2.05) is 13.0 Å². The molecule has 3 N–H and O–H groups in total. The first-order valence-electron chi connectivity index (χ1n) is 5.83. The molecule has 16 heavy (non-hydrogen) atoms. The third kappa shape index (κ3) is 2.09. The SMILES string of the molecule is CCC1CCCN1c1cc(C)nc(NN)n1. The molecular weight excluding hydrogens is 202 g/mol. The molecule has 2 rings (SSSR count). The molecule has 1 aromatic heterocycles. The Kier molecular flexibility index (Phi) is 3.24. The van der Waals surface area contributed by atoms with Crippen molar-refractivity contribution in [2.75, 3.05) is 16.9 Å². The molecule has 1 unspecified atom stereocenters. The third-order valence-corrected chi connectivity index (χ3v) is 3.11. The van der Waals surface area contributed by atoms with Crippen molar-refractivity contribution in [2.24, 2.45) is 5.84 Å². The normalized spacial score (nSPS) is 20.2. The molecule has 2 heterocycles. The number of nitrogen functional groups attached to an aromatic ring is 1. The predicted molar refractivity (Wildman–Crippen MR) is 65.2 cm³/mol. The summed E-state index contributed by atoms with van der Waals surface area (Å²) in [6.45, 7) is 5.27. The zero-order valence-corrected chi connectivity index (χ0v) is 9.90. The van der Waals surface area contributed by atoms with Crippen LogP contribution < -0.4 is 16.2 Å². The molecule has 1 saturated heterocycles. The highest BCUT2D eigenvalue weighted by Crippen LogP contribution is 2.26. The van der Waals surface area contributed by atoms with Crippen molar-refractivity contribution in [1.82, 2.24) is 9.97 Å². The minimum absolute atomic E-state index is 0.497. The number of aromatic nitrogens is 2. The van der Waals surface area contributed by atoms with Crippen LogP contribution in [-0.4, -0.2) is 22.6 Å². The molecule has 0 radical (unpaired) electrons. The molecule has 88 valence electrons. The van der Waals surface area contributed by atoms with Gasteiger partial charge in [-0.1, -0.05) is 6.92 Å². The number of aryl methyl sites for hydroxylation is 1. The highest BCUT2D eigenvalue weighted by molar-refractivity contribution is 5.46. The van der Waals surface area contributed by atoms with Crippen molar-refractivity contribution in [3.8, 4) is 0 Å². The lowest BCUT2D eigenvalue weighted by atomic mass is 10.2. The second-order valence-corrected chi connectivity index (χ2v) is 4.23. The van der Waals surface area contributed by atoms with Crippen LogP contribution >= 0.6 is 0 Å². The van der Waals surface area contributed by atoms with E-state index in [0.717, 1.165) is 24.5 Å². The standard InChI is InChI=1S/C11H19N5/c1-3-9-5-4-6-16(9)10-7-8(2)13-11(14-10)15-12/h7,9H,3-6,12H2,1-2H3,(H,13,14,15). The summed E-state index contributed by atoms with van der Waals surface area (Å²) in [5, 5.41) is 0. The number of anilines is 2. The highest BCUT2D eigenvalue weighted by atomic mass is 15.3. The minimum atomic E-state index is 0.497. The largest absolute Gasteiger partial charge is 0.353 e. The molecule has 1 atom stereocenters. The summed E-state index contributed by atoms with van der Waals surface area (Å²) in [6.07, 6.45) is 3.66. The zero-order chi connectivity index (χ0) is 11.5. The van der Waals surface area contributed by atoms with Gasteiger partial charge in [-0.15, -0.1) is 0 Å². The van der Waals surface area contributed by atoms with Gasteiger partial charge in [-0.25, -0.2) is 10.8 Å². The summed E-state index contributed by atoms with van der Waals surface area (Å²) >= 11 is 0. The Morgan fingerprint density at radius 3 is 3.06 bits per heavy atom. The van der Waals surface area contributed by atoms with E-state index in [1.165, 1.54) is 12.8 Å². The number of nitrogens with one attached hydrogen (secondary N) is 1. The van der Waals surface area contributed by atoms with Crippen LogP contribution in [-0.2, 0) is 0 Å². The summed E-state index contributed by atoms with van der Waals surface area (Å²) in [7, 11) is 0. The van der Waals surface area contributed by atoms with Gasteiger partial charge in [-0.2, -0.15) is 4.98 Å². The Hall–Kier alpha value is -1.36. The summed E-state index contributed by atoms with van der Waals surface area (Å²) in [5.41, 5.74) is 3.46. The average Bonchev–Trinajstić information content (AvgIpc) is 2.76. The summed E-state index contributed by atoms with van der Waals surface area (Å²) in [4.78, 5) is 11.0. The fourth-order valence-corrected chi connectivity index (χ4v) is 2.33. The van der Waals surface area contributed by atoms with Crippen LogP contribution in [0.2, 0.25) is 0 Å². The molecule has 1 fully saturated rings. The van der Waals surface area contributed by atoms with Crippen molar-refractivity contribution in [3.63, 3.8) is 0 Å². The minimum Gasteiger partial charge on any atom is -0.353 e. The van der Waals surface area contributed by atoms with Gasteiger partial charge in [0.2, 0.25) is 5.95 Å². The van der Waals surface area contributed by atoms with Crippen LogP contribution in [0.3, 0.4) is 0 Å². The predicted octanol–water partition coefficient (Wildman–Crippen LogP) is 1.45. The maximum absolute atomic E-state index is 5.36. The Balaban J connectivity index is 2.28. The first kappa shape index (κ1) is 11.1. The number of hydrogen-bond acceptors (Lipinski definition) is 5. The zero-order valence-electron chi connectivity index (χ0n) is 9.90. The first-order valence-corrected chi connectivity index (χ1v) is 5.83. The van der Waals surface area contributed by atoms with E-state index in [0.29, 0.717) is 12.0 Å². The van der Waals surface area contributed by atoms with Gasteiger partial charge < -0.3 is 4.90 Å². The average molecular weight is 221 g/mol. The maximum atomic E-state index is 5.36. The number of hydrazine groups is 1. The van der Waals surface area contributed by atoms with Crippen LogP contribution in [0.4, 0.5) is 11.8 Å². The lowest BCUT2D eigenvalue weighted by molar-refractivity contribution is 0.640. The van der Waals surface area contributed by atoms with Crippen molar-refractivity contribution in [1.29, 1.82) is 0 Å². The quantitative estimate of drug-likeness (QED) is 0.597. The van der Waals surface area contributed by atoms with Gasteiger partial charge in [0.25, 0.3) is 0 Å².